The van der Waals surface area contributed by atoms with Crippen LogP contribution in [0.3, 0.4) is 0 Å². The number of aromatic nitrogens is 3. The molecule has 2 heterocycles. The highest BCUT2D eigenvalue weighted by atomic mass is 35.5. The molecule has 0 amide bonds. The van der Waals surface area contributed by atoms with Crippen LogP contribution >= 0.6 is 35.4 Å². The van der Waals surface area contributed by atoms with Gasteiger partial charge in [0.2, 0.25) is 0 Å². The van der Waals surface area contributed by atoms with Crippen molar-refractivity contribution in [1.82, 2.24) is 14.5 Å². The molecule has 19 heavy (non-hydrogen) atoms. The molecule has 0 aliphatic carbocycles. The molecule has 0 spiro atoms. The summed E-state index contributed by atoms with van der Waals surface area (Å²) in [6.07, 6.45) is 3.56. The fourth-order valence-electron chi connectivity index (χ4n) is 1.98. The van der Waals surface area contributed by atoms with E-state index in [1.54, 1.807) is 12.3 Å². The van der Waals surface area contributed by atoms with Gasteiger partial charge in [0.25, 0.3) is 0 Å². The highest BCUT2D eigenvalue weighted by Crippen LogP contribution is 2.27. The number of rotatable bonds is 2. The molecule has 0 aliphatic rings. The van der Waals surface area contributed by atoms with Gasteiger partial charge >= 0.3 is 0 Å². The SMILES string of the molecule is S=c1[nH]c2cc(Cl)c(Cl)cc2n1Cc1cccnc1. The Kier molecular flexibility index (Phi) is 3.31. The van der Waals surface area contributed by atoms with Crippen molar-refractivity contribution in [1.29, 1.82) is 0 Å². The third-order valence-corrected chi connectivity index (χ3v) is 3.92. The molecule has 0 saturated carbocycles. The Morgan fingerprint density at radius 3 is 2.79 bits per heavy atom. The molecule has 0 saturated heterocycles. The van der Waals surface area contributed by atoms with Crippen LogP contribution in [0.15, 0.2) is 36.7 Å². The third kappa shape index (κ3) is 2.39. The summed E-state index contributed by atoms with van der Waals surface area (Å²) in [5.74, 6) is 0. The zero-order valence-electron chi connectivity index (χ0n) is 9.73. The van der Waals surface area contributed by atoms with Gasteiger partial charge in [0.05, 0.1) is 27.6 Å². The Morgan fingerprint density at radius 2 is 2.05 bits per heavy atom. The maximum absolute atomic E-state index is 6.07. The van der Waals surface area contributed by atoms with Gasteiger partial charge in [0.1, 0.15) is 0 Å². The van der Waals surface area contributed by atoms with Gasteiger partial charge in [-0.1, -0.05) is 29.3 Å². The molecular formula is C13H9Cl2N3S. The monoisotopic (exact) mass is 309 g/mol. The van der Waals surface area contributed by atoms with Crippen molar-refractivity contribution in [2.45, 2.75) is 6.54 Å². The van der Waals surface area contributed by atoms with E-state index in [0.29, 0.717) is 21.4 Å². The molecular weight excluding hydrogens is 301 g/mol. The minimum Gasteiger partial charge on any atom is -0.331 e. The van der Waals surface area contributed by atoms with E-state index >= 15 is 0 Å². The summed E-state index contributed by atoms with van der Waals surface area (Å²) >= 11 is 17.4. The number of fused-ring (bicyclic) bond motifs is 1. The Labute approximate surface area is 124 Å². The van der Waals surface area contributed by atoms with E-state index in [-0.39, 0.29) is 0 Å². The summed E-state index contributed by atoms with van der Waals surface area (Å²) in [6, 6.07) is 7.51. The minimum atomic E-state index is 0.513. The predicted octanol–water partition coefficient (Wildman–Crippen LogP) is 4.45. The van der Waals surface area contributed by atoms with Crippen molar-refractivity contribution in [3.8, 4) is 0 Å². The van der Waals surface area contributed by atoms with Crippen LogP contribution in [-0.2, 0) is 6.54 Å². The van der Waals surface area contributed by atoms with Crippen molar-refractivity contribution in [3.63, 3.8) is 0 Å². The van der Waals surface area contributed by atoms with Gasteiger partial charge in [0, 0.05) is 12.4 Å². The lowest BCUT2D eigenvalue weighted by Gasteiger charge is -2.05. The van der Waals surface area contributed by atoms with E-state index in [1.165, 1.54) is 0 Å². The Bertz CT molecular complexity index is 793. The van der Waals surface area contributed by atoms with Crippen LogP contribution in [0, 0.1) is 4.77 Å². The van der Waals surface area contributed by atoms with Gasteiger partial charge in [-0.05, 0) is 36.0 Å². The number of nitrogens with one attached hydrogen (secondary N) is 1. The first-order chi connectivity index (χ1) is 9.15. The summed E-state index contributed by atoms with van der Waals surface area (Å²) < 4.78 is 2.61. The van der Waals surface area contributed by atoms with E-state index < -0.39 is 0 Å². The number of halogens is 2. The van der Waals surface area contributed by atoms with Crippen molar-refractivity contribution < 1.29 is 0 Å². The molecule has 3 aromatic rings. The molecule has 1 aromatic carbocycles. The number of pyridine rings is 1. The van der Waals surface area contributed by atoms with E-state index in [9.17, 15) is 0 Å². The molecule has 2 aromatic heterocycles. The molecule has 0 aliphatic heterocycles. The zero-order chi connectivity index (χ0) is 13.4. The fourth-order valence-corrected chi connectivity index (χ4v) is 2.58. The predicted molar refractivity (Wildman–Crippen MR) is 80.5 cm³/mol. The highest BCUT2D eigenvalue weighted by molar-refractivity contribution is 7.71. The standard InChI is InChI=1S/C13H9Cl2N3S/c14-9-4-11-12(5-10(9)15)18(13(19)17-11)7-8-2-1-3-16-6-8/h1-6H,7H2,(H,17,19). The summed E-state index contributed by atoms with van der Waals surface area (Å²) in [5, 5.41) is 1.03. The van der Waals surface area contributed by atoms with Crippen molar-refractivity contribution in [2.24, 2.45) is 0 Å². The smallest absolute Gasteiger partial charge is 0.178 e. The summed E-state index contributed by atoms with van der Waals surface area (Å²) in [7, 11) is 0. The Morgan fingerprint density at radius 1 is 1.26 bits per heavy atom. The fraction of sp³-hybridized carbons (Fsp3) is 0.0769. The van der Waals surface area contributed by atoms with Crippen molar-refractivity contribution >= 4 is 46.5 Å². The Balaban J connectivity index is 2.16. The maximum Gasteiger partial charge on any atom is 0.178 e. The third-order valence-electron chi connectivity index (χ3n) is 2.88. The molecule has 1 N–H and O–H groups in total. The normalized spacial score (nSPS) is 11.1. The lowest BCUT2D eigenvalue weighted by atomic mass is 10.2. The quantitative estimate of drug-likeness (QED) is 0.710. The van der Waals surface area contributed by atoms with Gasteiger partial charge in [-0.2, -0.15) is 0 Å². The second-order valence-corrected chi connectivity index (χ2v) is 5.36. The van der Waals surface area contributed by atoms with Gasteiger partial charge in [-0.15, -0.1) is 0 Å². The van der Waals surface area contributed by atoms with Crippen molar-refractivity contribution in [3.05, 3.63) is 57.0 Å². The first kappa shape index (κ1) is 12.7. The number of nitrogens with zero attached hydrogens (tertiary/aromatic N) is 2. The second kappa shape index (κ2) is 4.96. The first-order valence-electron chi connectivity index (χ1n) is 5.61. The van der Waals surface area contributed by atoms with E-state index in [0.717, 1.165) is 16.6 Å². The molecule has 96 valence electrons. The van der Waals surface area contributed by atoms with Gasteiger partial charge in [0.15, 0.2) is 4.77 Å². The molecule has 0 radical (unpaired) electrons. The largest absolute Gasteiger partial charge is 0.331 e. The van der Waals surface area contributed by atoms with Crippen LogP contribution in [0.5, 0.6) is 0 Å². The topological polar surface area (TPSA) is 33.6 Å². The van der Waals surface area contributed by atoms with Gasteiger partial charge < -0.3 is 9.55 Å². The molecule has 6 heteroatoms. The molecule has 3 nitrogen and oxygen atoms in total. The molecule has 0 atom stereocenters. The van der Waals surface area contributed by atoms with Crippen LogP contribution in [0.25, 0.3) is 11.0 Å². The first-order valence-corrected chi connectivity index (χ1v) is 6.78. The van der Waals surface area contributed by atoms with Crippen molar-refractivity contribution in [2.75, 3.05) is 0 Å². The van der Waals surface area contributed by atoms with Crippen LogP contribution < -0.4 is 0 Å². The lowest BCUT2D eigenvalue weighted by Crippen LogP contribution is -1.99. The summed E-state index contributed by atoms with van der Waals surface area (Å²) in [6.45, 7) is 0.643. The second-order valence-electron chi connectivity index (χ2n) is 4.16. The lowest BCUT2D eigenvalue weighted by molar-refractivity contribution is 0.806. The van der Waals surface area contributed by atoms with Crippen LogP contribution in [0.2, 0.25) is 10.0 Å². The number of hydrogen-bond donors (Lipinski definition) is 1. The molecule has 0 fully saturated rings. The molecule has 0 bridgehead atoms. The molecule has 0 unspecified atom stereocenters. The van der Waals surface area contributed by atoms with E-state index in [4.69, 9.17) is 35.4 Å². The minimum absolute atomic E-state index is 0.513. The summed E-state index contributed by atoms with van der Waals surface area (Å²) in [5.41, 5.74) is 2.89. The Hall–Kier alpha value is -1.36. The zero-order valence-corrected chi connectivity index (χ0v) is 12.1. The number of benzene rings is 1. The number of hydrogen-bond acceptors (Lipinski definition) is 2. The van der Waals surface area contributed by atoms with E-state index in [2.05, 4.69) is 9.97 Å². The number of H-pyrrole nitrogens is 1. The summed E-state index contributed by atoms with van der Waals surface area (Å²) in [4.78, 5) is 7.23. The number of aromatic amines is 1. The average molecular weight is 310 g/mol. The maximum atomic E-state index is 6.07. The number of imidazole rings is 1. The average Bonchev–Trinajstić information content (AvgIpc) is 2.68. The molecule has 3 rings (SSSR count). The van der Waals surface area contributed by atoms with Crippen LogP contribution in [0.1, 0.15) is 5.56 Å². The van der Waals surface area contributed by atoms with Crippen LogP contribution in [-0.4, -0.2) is 14.5 Å². The highest BCUT2D eigenvalue weighted by Gasteiger charge is 2.08. The van der Waals surface area contributed by atoms with Gasteiger partial charge in [-0.3, -0.25) is 4.98 Å². The van der Waals surface area contributed by atoms with E-state index in [1.807, 2.05) is 29.0 Å². The van der Waals surface area contributed by atoms with Crippen LogP contribution in [0.4, 0.5) is 0 Å². The van der Waals surface area contributed by atoms with Gasteiger partial charge in [-0.25, -0.2) is 0 Å².